The molecule has 11 nitrogen and oxygen atoms in total. The number of nitrogens with one attached hydrogen (secondary N) is 1. The highest BCUT2D eigenvalue weighted by Gasteiger charge is 2.25. The Bertz CT molecular complexity index is 1010. The smallest absolute Gasteiger partial charge is 0.293 e. The van der Waals surface area contributed by atoms with Crippen LogP contribution in [0.25, 0.3) is 5.82 Å². The highest BCUT2D eigenvalue weighted by atomic mass is 16.6. The van der Waals surface area contributed by atoms with E-state index < -0.39 is 5.91 Å². The molecule has 0 unspecified atom stereocenters. The van der Waals surface area contributed by atoms with Gasteiger partial charge in [0.05, 0.1) is 5.69 Å². The van der Waals surface area contributed by atoms with E-state index >= 15 is 0 Å². The molecule has 2 heterocycles. The molecule has 0 radical (unpaired) electrons. The number of carbonyl (C=O) groups excluding carboxylic acids is 1. The number of aromatic nitrogens is 5. The number of amides is 1. The van der Waals surface area contributed by atoms with E-state index in [1.807, 2.05) is 18.2 Å². The van der Waals surface area contributed by atoms with Crippen LogP contribution in [-0.2, 0) is 13.0 Å². The Balaban J connectivity index is 1.74. The Hall–Kier alpha value is -3.60. The van der Waals surface area contributed by atoms with Gasteiger partial charge in [-0.2, -0.15) is 9.78 Å². The molecule has 0 fully saturated rings. The van der Waals surface area contributed by atoms with Crippen molar-refractivity contribution in [3.8, 4) is 5.82 Å². The maximum atomic E-state index is 12.8. The summed E-state index contributed by atoms with van der Waals surface area (Å²) in [6.45, 7) is 6.39. The van der Waals surface area contributed by atoms with Gasteiger partial charge in [0.1, 0.15) is 0 Å². The number of nitrogens with zero attached hydrogens (tertiary/aromatic N) is 7. The van der Waals surface area contributed by atoms with E-state index in [9.17, 15) is 4.79 Å². The summed E-state index contributed by atoms with van der Waals surface area (Å²) < 4.78 is 6.10. The van der Waals surface area contributed by atoms with Crippen LogP contribution in [0, 0.1) is 0 Å². The first-order valence-electron chi connectivity index (χ1n) is 10.7. The number of nitrogens with two attached hydrogens (primary N) is 1. The van der Waals surface area contributed by atoms with Gasteiger partial charge in [-0.15, -0.1) is 5.10 Å². The second-order valence-corrected chi connectivity index (χ2v) is 7.32. The first-order valence-corrected chi connectivity index (χ1v) is 10.7. The average Bonchev–Trinajstić information content (AvgIpc) is 3.40. The normalized spacial score (nSPS) is 11.5. The summed E-state index contributed by atoms with van der Waals surface area (Å²) in [5, 5.41) is 19.6. The molecule has 0 saturated heterocycles. The molecule has 0 atom stereocenters. The SMILES string of the molecule is CCCN(CCC)Cc1c(C(=O)N/N=C/CCc2ccccc2)nnn1-c1nonc1N. The quantitative estimate of drug-likeness (QED) is 0.323. The maximum Gasteiger partial charge on any atom is 0.293 e. The van der Waals surface area contributed by atoms with Crippen molar-refractivity contribution in [2.75, 3.05) is 18.8 Å². The Kier molecular flexibility index (Phi) is 8.44. The maximum absolute atomic E-state index is 12.8. The van der Waals surface area contributed by atoms with Gasteiger partial charge in [-0.05, 0) is 54.6 Å². The Labute approximate surface area is 186 Å². The lowest BCUT2D eigenvalue weighted by molar-refractivity contribution is 0.0947. The Morgan fingerprint density at radius 2 is 1.97 bits per heavy atom. The molecule has 3 aromatic rings. The van der Waals surface area contributed by atoms with E-state index in [4.69, 9.17) is 10.4 Å². The van der Waals surface area contributed by atoms with Gasteiger partial charge >= 0.3 is 0 Å². The summed E-state index contributed by atoms with van der Waals surface area (Å²) in [5.41, 5.74) is 10.3. The third-order valence-electron chi connectivity index (χ3n) is 4.79. The Morgan fingerprint density at radius 1 is 1.22 bits per heavy atom. The molecule has 1 aromatic carbocycles. The van der Waals surface area contributed by atoms with Gasteiger partial charge in [0.2, 0.25) is 11.6 Å². The summed E-state index contributed by atoms with van der Waals surface area (Å²) in [6.07, 6.45) is 5.16. The standard InChI is InChI=1S/C21H29N9O2/c1-3-13-29(14-4-2)15-17-18(24-28-30(17)20-19(22)26-32-27-20)21(31)25-23-12-8-11-16-9-6-5-7-10-16/h5-7,9-10,12H,3-4,8,11,13-15H2,1-2H3,(H2,22,26)(H,25,31)/b23-12+. The van der Waals surface area contributed by atoms with Crippen molar-refractivity contribution in [3.63, 3.8) is 0 Å². The monoisotopic (exact) mass is 439 g/mol. The topological polar surface area (TPSA) is 140 Å². The number of anilines is 1. The van der Waals surface area contributed by atoms with Crippen LogP contribution in [0.4, 0.5) is 5.82 Å². The van der Waals surface area contributed by atoms with Gasteiger partial charge in [-0.25, -0.2) is 10.1 Å². The van der Waals surface area contributed by atoms with E-state index in [2.05, 4.69) is 62.0 Å². The molecule has 0 bridgehead atoms. The first kappa shape index (κ1) is 23.1. The van der Waals surface area contributed by atoms with E-state index in [-0.39, 0.29) is 17.3 Å². The Morgan fingerprint density at radius 3 is 2.62 bits per heavy atom. The summed E-state index contributed by atoms with van der Waals surface area (Å²) in [4.78, 5) is 15.0. The molecule has 11 heteroatoms. The van der Waals surface area contributed by atoms with Crippen LogP contribution in [0.2, 0.25) is 0 Å². The third-order valence-corrected chi connectivity index (χ3v) is 4.79. The van der Waals surface area contributed by atoms with Gasteiger partial charge in [-0.1, -0.05) is 49.4 Å². The largest absolute Gasteiger partial charge is 0.378 e. The fourth-order valence-corrected chi connectivity index (χ4v) is 3.34. The summed E-state index contributed by atoms with van der Waals surface area (Å²) >= 11 is 0. The van der Waals surface area contributed by atoms with E-state index in [1.54, 1.807) is 6.21 Å². The van der Waals surface area contributed by atoms with Crippen LogP contribution in [-0.4, -0.2) is 55.4 Å². The molecule has 3 rings (SSSR count). The minimum Gasteiger partial charge on any atom is -0.378 e. The fourth-order valence-electron chi connectivity index (χ4n) is 3.34. The summed E-state index contributed by atoms with van der Waals surface area (Å²) in [5.74, 6) is -0.185. The molecule has 32 heavy (non-hydrogen) atoms. The highest BCUT2D eigenvalue weighted by Crippen LogP contribution is 2.18. The van der Waals surface area contributed by atoms with Gasteiger partial charge in [0.15, 0.2) is 5.69 Å². The van der Waals surface area contributed by atoms with Crippen LogP contribution < -0.4 is 11.2 Å². The van der Waals surface area contributed by atoms with Gasteiger partial charge in [-0.3, -0.25) is 9.69 Å². The predicted octanol–water partition coefficient (Wildman–Crippen LogP) is 2.20. The van der Waals surface area contributed by atoms with Gasteiger partial charge in [0.25, 0.3) is 5.91 Å². The molecule has 3 N–H and O–H groups in total. The molecule has 1 amide bonds. The van der Waals surface area contributed by atoms with E-state index in [0.29, 0.717) is 18.7 Å². The fraction of sp³-hybridized carbons (Fsp3) is 0.429. The van der Waals surface area contributed by atoms with Crippen molar-refractivity contribution in [1.29, 1.82) is 0 Å². The molecule has 0 aliphatic carbocycles. The van der Waals surface area contributed by atoms with E-state index in [0.717, 1.165) is 32.4 Å². The molecular formula is C21H29N9O2. The number of nitrogen functional groups attached to an aromatic ring is 1. The number of benzene rings is 1. The number of hydrazone groups is 1. The lowest BCUT2D eigenvalue weighted by Crippen LogP contribution is -2.28. The zero-order valence-corrected chi connectivity index (χ0v) is 18.4. The molecule has 2 aromatic heterocycles. The number of hydrogen-bond donors (Lipinski definition) is 2. The molecule has 0 saturated carbocycles. The van der Waals surface area contributed by atoms with Crippen molar-refractivity contribution in [1.82, 2.24) is 35.6 Å². The van der Waals surface area contributed by atoms with Crippen LogP contribution in [0.5, 0.6) is 0 Å². The molecule has 170 valence electrons. The second-order valence-electron chi connectivity index (χ2n) is 7.32. The van der Waals surface area contributed by atoms with Crippen LogP contribution >= 0.6 is 0 Å². The van der Waals surface area contributed by atoms with Crippen LogP contribution in [0.1, 0.15) is 54.9 Å². The van der Waals surface area contributed by atoms with Crippen molar-refractivity contribution in [3.05, 3.63) is 47.3 Å². The minimum atomic E-state index is -0.454. The summed E-state index contributed by atoms with van der Waals surface area (Å²) in [6, 6.07) is 10.1. The zero-order valence-electron chi connectivity index (χ0n) is 18.4. The third kappa shape index (κ3) is 5.97. The molecular weight excluding hydrogens is 410 g/mol. The lowest BCUT2D eigenvalue weighted by atomic mass is 10.1. The number of aryl methyl sites for hydroxylation is 1. The van der Waals surface area contributed by atoms with Crippen molar-refractivity contribution in [2.45, 2.75) is 46.1 Å². The number of hydrogen-bond acceptors (Lipinski definition) is 9. The lowest BCUT2D eigenvalue weighted by Gasteiger charge is -2.21. The van der Waals surface area contributed by atoms with Gasteiger partial charge < -0.3 is 5.73 Å². The average molecular weight is 440 g/mol. The molecule has 0 spiro atoms. The van der Waals surface area contributed by atoms with E-state index in [1.165, 1.54) is 10.2 Å². The first-order chi connectivity index (χ1) is 15.6. The highest BCUT2D eigenvalue weighted by molar-refractivity contribution is 5.93. The van der Waals surface area contributed by atoms with Crippen LogP contribution in [0.3, 0.4) is 0 Å². The predicted molar refractivity (Wildman–Crippen MR) is 120 cm³/mol. The second kappa shape index (κ2) is 11.7. The van der Waals surface area contributed by atoms with Crippen molar-refractivity contribution < 1.29 is 9.42 Å². The summed E-state index contributed by atoms with van der Waals surface area (Å²) in [7, 11) is 0. The number of carbonyl (C=O) groups is 1. The van der Waals surface area contributed by atoms with Crippen molar-refractivity contribution >= 4 is 17.9 Å². The number of rotatable bonds is 12. The van der Waals surface area contributed by atoms with Crippen LogP contribution in [0.15, 0.2) is 40.1 Å². The molecule has 0 aliphatic heterocycles. The molecule has 0 aliphatic rings. The minimum absolute atomic E-state index is 0.0691. The van der Waals surface area contributed by atoms with Crippen molar-refractivity contribution in [2.24, 2.45) is 5.10 Å². The zero-order chi connectivity index (χ0) is 22.8. The van der Waals surface area contributed by atoms with Gasteiger partial charge in [0, 0.05) is 12.8 Å².